The molecule has 0 aromatic heterocycles. The molecule has 0 fully saturated rings. The molecule has 0 heteroatoms. The fraction of sp³-hybridized carbons (Fsp3) is 0.500. The third kappa shape index (κ3) is 11.4. The number of allylic oxidation sites excluding steroid dienone is 18. The van der Waals surface area contributed by atoms with Crippen LogP contribution in [0.3, 0.4) is 0 Å². The van der Waals surface area contributed by atoms with E-state index in [2.05, 4.69) is 142 Å². The Kier molecular flexibility index (Phi) is 13.3. The van der Waals surface area contributed by atoms with Crippen LogP contribution in [0.15, 0.2) is 106 Å². The Hall–Kier alpha value is -2.78. The van der Waals surface area contributed by atoms with E-state index >= 15 is 0 Å². The van der Waals surface area contributed by atoms with Gasteiger partial charge in [-0.05, 0) is 113 Å². The van der Waals surface area contributed by atoms with Gasteiger partial charge in [-0.1, -0.05) is 130 Å². The summed E-state index contributed by atoms with van der Waals surface area (Å²) in [6.45, 7) is 22.8. The zero-order valence-electron chi connectivity index (χ0n) is 27.4. The molecule has 0 spiro atoms. The summed E-state index contributed by atoms with van der Waals surface area (Å²) in [4.78, 5) is 0. The van der Waals surface area contributed by atoms with Crippen LogP contribution in [0, 0.1) is 28.6 Å². The Morgan fingerprint density at radius 2 is 1.25 bits per heavy atom. The second-order valence-corrected chi connectivity index (χ2v) is 13.5. The van der Waals surface area contributed by atoms with E-state index in [0.29, 0.717) is 11.3 Å². The second kappa shape index (κ2) is 15.9. The lowest BCUT2D eigenvalue weighted by atomic mass is 9.72. The van der Waals surface area contributed by atoms with E-state index in [1.54, 1.807) is 11.1 Å². The molecule has 0 amide bonds. The predicted octanol–water partition coefficient (Wildman–Crippen LogP) is 12.1. The summed E-state index contributed by atoms with van der Waals surface area (Å²) < 4.78 is 0. The van der Waals surface area contributed by atoms with Crippen molar-refractivity contribution in [3.8, 4) is 11.8 Å². The van der Waals surface area contributed by atoms with Gasteiger partial charge in [0.15, 0.2) is 0 Å². The maximum absolute atomic E-state index is 3.32. The molecule has 0 aromatic rings. The van der Waals surface area contributed by atoms with E-state index in [-0.39, 0.29) is 5.41 Å². The third-order valence-corrected chi connectivity index (χ3v) is 8.45. The van der Waals surface area contributed by atoms with Crippen LogP contribution in [0.25, 0.3) is 0 Å². The van der Waals surface area contributed by atoms with Gasteiger partial charge in [-0.25, -0.2) is 0 Å². The molecular weight excluding hydrogens is 480 g/mol. The standard InChI is InChI=1S/C40H56/c1-31(19-13-21-33(3)25-27-37-35(5)23-15-29-39(37,7)8)17-11-12-18-32(2)20-14-22-34(4)26-28-38-36(6)24-16-30-40(38,9)10/h13-14,17,19-22,25-28,32H,15-16,18,23-24,29-30H2,1-10H3/b19-13+,20-14+,27-25+,28-26+,31-17+,33-21+,34-22+. The first-order valence-electron chi connectivity index (χ1n) is 15.4. The number of hydrogen-bond donors (Lipinski definition) is 0. The van der Waals surface area contributed by atoms with Gasteiger partial charge < -0.3 is 0 Å². The molecular formula is C40H56. The molecule has 2 aliphatic carbocycles. The Morgan fingerprint density at radius 1 is 0.750 bits per heavy atom. The molecule has 216 valence electrons. The molecule has 1 atom stereocenters. The van der Waals surface area contributed by atoms with Gasteiger partial charge in [-0.2, -0.15) is 0 Å². The van der Waals surface area contributed by atoms with Crippen molar-refractivity contribution in [2.24, 2.45) is 16.7 Å². The number of rotatable bonds is 9. The van der Waals surface area contributed by atoms with Crippen LogP contribution in [0.4, 0.5) is 0 Å². The molecule has 0 saturated carbocycles. The van der Waals surface area contributed by atoms with Crippen LogP contribution in [0.1, 0.15) is 114 Å². The Bertz CT molecular complexity index is 1210. The lowest BCUT2D eigenvalue weighted by molar-refractivity contribution is 0.376. The Balaban J connectivity index is 1.84. The third-order valence-electron chi connectivity index (χ3n) is 8.45. The van der Waals surface area contributed by atoms with Crippen molar-refractivity contribution in [2.75, 3.05) is 0 Å². The molecule has 0 aliphatic heterocycles. The zero-order chi connectivity index (χ0) is 29.8. The van der Waals surface area contributed by atoms with Crippen molar-refractivity contribution in [3.63, 3.8) is 0 Å². The van der Waals surface area contributed by atoms with Crippen LogP contribution in [0.5, 0.6) is 0 Å². The van der Waals surface area contributed by atoms with Gasteiger partial charge in [0.05, 0.1) is 0 Å². The number of hydrogen-bond acceptors (Lipinski definition) is 0. The van der Waals surface area contributed by atoms with Crippen molar-refractivity contribution in [2.45, 2.75) is 114 Å². The molecule has 40 heavy (non-hydrogen) atoms. The largest absolute Gasteiger partial charge is 0.0979 e. The van der Waals surface area contributed by atoms with E-state index in [1.165, 1.54) is 66.4 Å². The van der Waals surface area contributed by atoms with Gasteiger partial charge in [0.1, 0.15) is 0 Å². The van der Waals surface area contributed by atoms with Crippen LogP contribution in [0.2, 0.25) is 0 Å². The minimum Gasteiger partial charge on any atom is -0.0979 e. The molecule has 2 rings (SSSR count). The molecule has 0 saturated heterocycles. The summed E-state index contributed by atoms with van der Waals surface area (Å²) in [5.74, 6) is 6.98. The summed E-state index contributed by atoms with van der Waals surface area (Å²) in [6.07, 6.45) is 32.8. The lowest BCUT2D eigenvalue weighted by Crippen LogP contribution is -2.19. The Labute approximate surface area is 248 Å². The molecule has 0 heterocycles. The summed E-state index contributed by atoms with van der Waals surface area (Å²) in [6, 6.07) is 0. The van der Waals surface area contributed by atoms with Crippen molar-refractivity contribution >= 4 is 0 Å². The van der Waals surface area contributed by atoms with E-state index in [0.717, 1.165) is 6.42 Å². The molecule has 0 radical (unpaired) electrons. The molecule has 0 bridgehead atoms. The summed E-state index contributed by atoms with van der Waals surface area (Å²) in [5, 5.41) is 0. The maximum Gasteiger partial charge on any atom is 0.0153 e. The highest BCUT2D eigenvalue weighted by Crippen LogP contribution is 2.41. The zero-order valence-corrected chi connectivity index (χ0v) is 27.4. The normalized spacial score (nSPS) is 21.7. The summed E-state index contributed by atoms with van der Waals surface area (Å²) >= 11 is 0. The first-order chi connectivity index (χ1) is 18.8. The van der Waals surface area contributed by atoms with Crippen molar-refractivity contribution in [3.05, 3.63) is 106 Å². The predicted molar refractivity (Wildman–Crippen MR) is 180 cm³/mol. The van der Waals surface area contributed by atoms with Gasteiger partial charge in [0.25, 0.3) is 0 Å². The average molecular weight is 537 g/mol. The van der Waals surface area contributed by atoms with Crippen LogP contribution >= 0.6 is 0 Å². The van der Waals surface area contributed by atoms with Crippen LogP contribution in [-0.2, 0) is 0 Å². The topological polar surface area (TPSA) is 0 Å². The fourth-order valence-electron chi connectivity index (χ4n) is 5.81. The van der Waals surface area contributed by atoms with Gasteiger partial charge in [0, 0.05) is 6.42 Å². The average Bonchev–Trinajstić information content (AvgIpc) is 2.85. The van der Waals surface area contributed by atoms with E-state index < -0.39 is 0 Å². The SMILES string of the molecule is CC1=C(/C=C/C(C)=C/C=C/C(C)=C/C#CCC(C)/C=C/C=C(C)/C=C/C2=C(C)CCCC2(C)C)C(C)(C)CCC1. The maximum atomic E-state index is 3.32. The highest BCUT2D eigenvalue weighted by Gasteiger charge is 2.27. The van der Waals surface area contributed by atoms with Gasteiger partial charge in [0.2, 0.25) is 0 Å². The van der Waals surface area contributed by atoms with Gasteiger partial charge in [-0.3, -0.25) is 0 Å². The lowest BCUT2D eigenvalue weighted by Gasteiger charge is -2.33. The highest BCUT2D eigenvalue weighted by molar-refractivity contribution is 5.38. The van der Waals surface area contributed by atoms with Crippen molar-refractivity contribution in [1.82, 2.24) is 0 Å². The first kappa shape index (κ1) is 33.4. The van der Waals surface area contributed by atoms with E-state index in [1.807, 2.05) is 6.08 Å². The fourth-order valence-corrected chi connectivity index (χ4v) is 5.81. The van der Waals surface area contributed by atoms with Gasteiger partial charge >= 0.3 is 0 Å². The van der Waals surface area contributed by atoms with Gasteiger partial charge in [-0.15, -0.1) is 0 Å². The molecule has 0 N–H and O–H groups in total. The molecule has 1 unspecified atom stereocenters. The van der Waals surface area contributed by atoms with Crippen LogP contribution < -0.4 is 0 Å². The minimum absolute atomic E-state index is 0.288. The first-order valence-corrected chi connectivity index (χ1v) is 15.4. The highest BCUT2D eigenvalue weighted by atomic mass is 14.3. The monoisotopic (exact) mass is 536 g/mol. The Morgan fingerprint density at radius 3 is 1.75 bits per heavy atom. The minimum atomic E-state index is 0.288. The van der Waals surface area contributed by atoms with E-state index in [9.17, 15) is 0 Å². The quantitative estimate of drug-likeness (QED) is 0.203. The molecule has 2 aliphatic rings. The summed E-state index contributed by atoms with van der Waals surface area (Å²) in [7, 11) is 0. The second-order valence-electron chi connectivity index (χ2n) is 13.5. The molecule has 0 nitrogen and oxygen atoms in total. The van der Waals surface area contributed by atoms with Crippen molar-refractivity contribution < 1.29 is 0 Å². The van der Waals surface area contributed by atoms with Crippen LogP contribution in [-0.4, -0.2) is 0 Å². The van der Waals surface area contributed by atoms with E-state index in [4.69, 9.17) is 0 Å². The smallest absolute Gasteiger partial charge is 0.0153 e. The molecule has 0 aromatic carbocycles. The summed E-state index contributed by atoms with van der Waals surface area (Å²) in [5.41, 5.74) is 10.4. The van der Waals surface area contributed by atoms with Crippen molar-refractivity contribution in [1.29, 1.82) is 0 Å².